The van der Waals surface area contributed by atoms with E-state index < -0.39 is 0 Å². The van der Waals surface area contributed by atoms with Crippen molar-refractivity contribution in [3.8, 4) is 0 Å². The average molecular weight is 273 g/mol. The van der Waals surface area contributed by atoms with Crippen molar-refractivity contribution in [3.63, 3.8) is 0 Å². The number of nitrogens with one attached hydrogen (secondary N) is 2. The molecule has 2 N–H and O–H groups in total. The Bertz CT molecular complexity index is 737. The highest BCUT2D eigenvalue weighted by molar-refractivity contribution is 5.77. The van der Waals surface area contributed by atoms with Crippen LogP contribution in [0.15, 0.2) is 42.5 Å². The predicted molar refractivity (Wildman–Crippen MR) is 74.6 cm³/mol. The second-order valence-electron chi connectivity index (χ2n) is 4.55. The average Bonchev–Trinajstić information content (AvgIpc) is 2.80. The Morgan fingerprint density at radius 1 is 1.05 bits per heavy atom. The lowest BCUT2D eigenvalue weighted by Gasteiger charge is -2.03. The van der Waals surface area contributed by atoms with Crippen molar-refractivity contribution in [2.45, 2.75) is 6.42 Å². The van der Waals surface area contributed by atoms with E-state index >= 15 is 0 Å². The predicted octanol–water partition coefficient (Wildman–Crippen LogP) is 3.50. The molecule has 2 aromatic carbocycles. The van der Waals surface area contributed by atoms with E-state index in [1.54, 1.807) is 12.1 Å². The topological polar surface area (TPSA) is 40.7 Å². The Kier molecular flexibility index (Phi) is 3.33. The molecule has 0 saturated heterocycles. The maximum absolute atomic E-state index is 13.1. The summed E-state index contributed by atoms with van der Waals surface area (Å²) in [7, 11) is 0. The Balaban J connectivity index is 1.65. The van der Waals surface area contributed by atoms with E-state index in [4.69, 9.17) is 0 Å². The molecule has 5 heteroatoms. The molecule has 0 aliphatic heterocycles. The summed E-state index contributed by atoms with van der Waals surface area (Å²) < 4.78 is 26.1. The van der Waals surface area contributed by atoms with Crippen LogP contribution < -0.4 is 5.32 Å². The first-order valence-electron chi connectivity index (χ1n) is 6.34. The summed E-state index contributed by atoms with van der Waals surface area (Å²) in [6.07, 6.45) is 0.684. The van der Waals surface area contributed by atoms with Gasteiger partial charge in [-0.05, 0) is 42.3 Å². The van der Waals surface area contributed by atoms with Crippen LogP contribution in [0.5, 0.6) is 0 Å². The van der Waals surface area contributed by atoms with Crippen molar-refractivity contribution in [3.05, 3.63) is 59.7 Å². The van der Waals surface area contributed by atoms with Gasteiger partial charge in [-0.15, -0.1) is 0 Å². The monoisotopic (exact) mass is 273 g/mol. The van der Waals surface area contributed by atoms with Gasteiger partial charge in [0, 0.05) is 6.54 Å². The Morgan fingerprint density at radius 2 is 1.90 bits per heavy atom. The van der Waals surface area contributed by atoms with Gasteiger partial charge in [0.1, 0.15) is 11.6 Å². The number of hydrogen-bond acceptors (Lipinski definition) is 2. The number of H-pyrrole nitrogens is 1. The summed E-state index contributed by atoms with van der Waals surface area (Å²) in [5.74, 6) is 0.0520. The van der Waals surface area contributed by atoms with E-state index in [0.29, 0.717) is 29.9 Å². The molecule has 0 aliphatic carbocycles. The second-order valence-corrected chi connectivity index (χ2v) is 4.55. The first-order valence-corrected chi connectivity index (χ1v) is 6.34. The molecule has 0 amide bonds. The lowest BCUT2D eigenvalue weighted by molar-refractivity contribution is 0.625. The molecule has 0 aliphatic rings. The zero-order valence-electron chi connectivity index (χ0n) is 10.7. The fourth-order valence-electron chi connectivity index (χ4n) is 2.08. The van der Waals surface area contributed by atoms with Gasteiger partial charge in [0.2, 0.25) is 5.95 Å². The van der Waals surface area contributed by atoms with Crippen LogP contribution in [0, 0.1) is 11.6 Å². The molecule has 1 aromatic heterocycles. The van der Waals surface area contributed by atoms with E-state index in [9.17, 15) is 8.78 Å². The van der Waals surface area contributed by atoms with Crippen molar-refractivity contribution in [2.24, 2.45) is 0 Å². The molecule has 3 rings (SSSR count). The fraction of sp³-hybridized carbons (Fsp3) is 0.133. The Hall–Kier alpha value is -2.43. The minimum atomic E-state index is -0.299. The molecule has 0 spiro atoms. The normalized spacial score (nSPS) is 10.9. The molecule has 0 atom stereocenters. The van der Waals surface area contributed by atoms with Crippen molar-refractivity contribution in [2.75, 3.05) is 11.9 Å². The van der Waals surface area contributed by atoms with Crippen LogP contribution in [0.25, 0.3) is 11.0 Å². The minimum Gasteiger partial charge on any atom is -0.355 e. The van der Waals surface area contributed by atoms with Gasteiger partial charge in [0.05, 0.1) is 11.0 Å². The number of rotatable bonds is 4. The van der Waals surface area contributed by atoms with Crippen molar-refractivity contribution >= 4 is 17.0 Å². The standard InChI is InChI=1S/C15H13F2N3/c16-11-3-1-2-10(8-11)6-7-18-15-19-13-5-4-12(17)9-14(13)20-15/h1-5,8-9H,6-7H2,(H2,18,19,20). The summed E-state index contributed by atoms with van der Waals surface area (Å²) in [5, 5.41) is 3.11. The van der Waals surface area contributed by atoms with Crippen molar-refractivity contribution in [1.29, 1.82) is 0 Å². The largest absolute Gasteiger partial charge is 0.355 e. The highest BCUT2D eigenvalue weighted by Crippen LogP contribution is 2.15. The molecule has 0 unspecified atom stereocenters. The van der Waals surface area contributed by atoms with E-state index in [0.717, 1.165) is 5.56 Å². The van der Waals surface area contributed by atoms with Crippen molar-refractivity contribution in [1.82, 2.24) is 9.97 Å². The van der Waals surface area contributed by atoms with Gasteiger partial charge in [0.15, 0.2) is 0 Å². The molecular weight excluding hydrogens is 260 g/mol. The Labute approximate surface area is 114 Å². The minimum absolute atomic E-state index is 0.235. The van der Waals surface area contributed by atoms with Crippen LogP contribution in [0.4, 0.5) is 14.7 Å². The third kappa shape index (κ3) is 2.77. The Morgan fingerprint density at radius 3 is 2.75 bits per heavy atom. The maximum Gasteiger partial charge on any atom is 0.201 e. The first kappa shape index (κ1) is 12.6. The quantitative estimate of drug-likeness (QED) is 0.764. The van der Waals surface area contributed by atoms with Gasteiger partial charge in [0.25, 0.3) is 0 Å². The number of aromatic amines is 1. The van der Waals surface area contributed by atoms with Gasteiger partial charge in [-0.2, -0.15) is 0 Å². The third-order valence-electron chi connectivity index (χ3n) is 3.04. The van der Waals surface area contributed by atoms with Crippen LogP contribution in [0.1, 0.15) is 5.56 Å². The molecule has 1 heterocycles. The molecule has 3 aromatic rings. The zero-order valence-corrected chi connectivity index (χ0v) is 10.7. The molecule has 0 saturated carbocycles. The van der Waals surface area contributed by atoms with Crippen LogP contribution in [0.2, 0.25) is 0 Å². The number of imidazole rings is 1. The molecule has 0 bridgehead atoms. The number of anilines is 1. The summed E-state index contributed by atoms with van der Waals surface area (Å²) in [6.45, 7) is 0.617. The van der Waals surface area contributed by atoms with E-state index in [2.05, 4.69) is 15.3 Å². The highest BCUT2D eigenvalue weighted by atomic mass is 19.1. The number of fused-ring (bicyclic) bond motifs is 1. The van der Waals surface area contributed by atoms with Gasteiger partial charge >= 0.3 is 0 Å². The van der Waals surface area contributed by atoms with E-state index in [1.807, 2.05) is 6.07 Å². The zero-order chi connectivity index (χ0) is 13.9. The lowest BCUT2D eigenvalue weighted by Crippen LogP contribution is -2.06. The number of halogens is 2. The summed E-state index contributed by atoms with van der Waals surface area (Å²) in [6, 6.07) is 10.9. The van der Waals surface area contributed by atoms with Gasteiger partial charge < -0.3 is 10.3 Å². The molecule has 0 radical (unpaired) electrons. The SMILES string of the molecule is Fc1cccc(CCNc2nc3ccc(F)cc3[nH]2)c1. The molecule has 20 heavy (non-hydrogen) atoms. The molecule has 102 valence electrons. The van der Waals surface area contributed by atoms with E-state index in [1.165, 1.54) is 24.3 Å². The maximum atomic E-state index is 13.1. The fourth-order valence-corrected chi connectivity index (χ4v) is 2.08. The first-order chi connectivity index (χ1) is 9.70. The summed E-state index contributed by atoms with van der Waals surface area (Å²) >= 11 is 0. The number of aromatic nitrogens is 2. The molecule has 3 nitrogen and oxygen atoms in total. The number of nitrogens with zero attached hydrogens (tertiary/aromatic N) is 1. The molecule has 0 fully saturated rings. The highest BCUT2D eigenvalue weighted by Gasteiger charge is 2.03. The van der Waals surface area contributed by atoms with Crippen LogP contribution in [-0.2, 0) is 6.42 Å². The number of benzene rings is 2. The lowest BCUT2D eigenvalue weighted by atomic mass is 10.1. The number of hydrogen-bond donors (Lipinski definition) is 2. The van der Waals surface area contributed by atoms with Crippen LogP contribution in [-0.4, -0.2) is 16.5 Å². The third-order valence-corrected chi connectivity index (χ3v) is 3.04. The van der Waals surface area contributed by atoms with Crippen LogP contribution in [0.3, 0.4) is 0 Å². The van der Waals surface area contributed by atoms with Gasteiger partial charge in [-0.1, -0.05) is 12.1 Å². The van der Waals surface area contributed by atoms with E-state index in [-0.39, 0.29) is 11.6 Å². The second kappa shape index (κ2) is 5.28. The summed E-state index contributed by atoms with van der Waals surface area (Å²) in [5.41, 5.74) is 2.28. The summed E-state index contributed by atoms with van der Waals surface area (Å²) in [4.78, 5) is 7.29. The van der Waals surface area contributed by atoms with Gasteiger partial charge in [-0.3, -0.25) is 0 Å². The molecular formula is C15H13F2N3. The van der Waals surface area contributed by atoms with Crippen molar-refractivity contribution < 1.29 is 8.78 Å². The smallest absolute Gasteiger partial charge is 0.201 e. The van der Waals surface area contributed by atoms with Gasteiger partial charge in [-0.25, -0.2) is 13.8 Å². The van der Waals surface area contributed by atoms with Crippen LogP contribution >= 0.6 is 0 Å².